The Balaban J connectivity index is 2.01. The Bertz CT molecular complexity index is 576. The number of hydrogen-bond acceptors (Lipinski definition) is 1. The molecule has 0 heterocycles. The lowest BCUT2D eigenvalue weighted by atomic mass is 9.63. The van der Waals surface area contributed by atoms with Gasteiger partial charge in [0.1, 0.15) is 0 Å². The third-order valence-corrected chi connectivity index (χ3v) is 5.88. The first-order chi connectivity index (χ1) is 9.72. The van der Waals surface area contributed by atoms with Crippen molar-refractivity contribution in [3.8, 4) is 0 Å². The molecule has 0 amide bonds. The molecule has 2 aliphatic rings. The normalized spacial score (nSPS) is 24.2. The molecule has 1 saturated carbocycles. The van der Waals surface area contributed by atoms with Gasteiger partial charge in [0, 0.05) is 11.5 Å². The lowest BCUT2D eigenvalue weighted by Crippen LogP contribution is -2.34. The molecule has 0 aliphatic heterocycles. The van der Waals surface area contributed by atoms with Crippen molar-refractivity contribution in [3.63, 3.8) is 0 Å². The van der Waals surface area contributed by atoms with Crippen LogP contribution in [0.25, 0.3) is 0 Å². The first-order valence-corrected chi connectivity index (χ1v) is 8.42. The van der Waals surface area contributed by atoms with E-state index >= 15 is 0 Å². The zero-order valence-corrected chi connectivity index (χ0v) is 14.1. The zero-order chi connectivity index (χ0) is 15.4. The van der Waals surface area contributed by atoms with E-state index in [0.29, 0.717) is 11.7 Å². The van der Waals surface area contributed by atoms with Crippen LogP contribution in [-0.4, -0.2) is 5.78 Å². The van der Waals surface area contributed by atoms with Gasteiger partial charge in [0.05, 0.1) is 0 Å². The van der Waals surface area contributed by atoms with E-state index in [1.165, 1.54) is 36.8 Å². The van der Waals surface area contributed by atoms with E-state index in [-0.39, 0.29) is 16.7 Å². The molecule has 3 rings (SSSR count). The molecule has 0 radical (unpaired) electrons. The second-order valence-electron chi connectivity index (χ2n) is 8.52. The van der Waals surface area contributed by atoms with Crippen molar-refractivity contribution < 1.29 is 4.79 Å². The van der Waals surface area contributed by atoms with Crippen LogP contribution in [0.4, 0.5) is 0 Å². The maximum Gasteiger partial charge on any atom is 0.165 e. The summed E-state index contributed by atoms with van der Waals surface area (Å²) < 4.78 is 0. The molecule has 0 spiro atoms. The summed E-state index contributed by atoms with van der Waals surface area (Å²) in [4.78, 5) is 12.7. The Kier molecular flexibility index (Phi) is 3.31. The molecular weight excluding hydrogens is 256 g/mol. The van der Waals surface area contributed by atoms with Crippen LogP contribution >= 0.6 is 0 Å². The Morgan fingerprint density at radius 2 is 1.62 bits per heavy atom. The van der Waals surface area contributed by atoms with Crippen LogP contribution in [0.2, 0.25) is 0 Å². The van der Waals surface area contributed by atoms with E-state index in [4.69, 9.17) is 0 Å². The van der Waals surface area contributed by atoms with E-state index in [0.717, 1.165) is 5.56 Å². The summed E-state index contributed by atoms with van der Waals surface area (Å²) in [6.07, 6.45) is 4.88. The number of fused-ring (bicyclic) bond motifs is 1. The van der Waals surface area contributed by atoms with Crippen molar-refractivity contribution in [1.82, 2.24) is 0 Å². The van der Waals surface area contributed by atoms with Crippen LogP contribution in [0.1, 0.15) is 81.8 Å². The molecule has 0 saturated heterocycles. The molecule has 1 fully saturated rings. The van der Waals surface area contributed by atoms with Crippen molar-refractivity contribution in [2.24, 2.45) is 11.8 Å². The fraction of sp³-hybridized carbons (Fsp3) is 0.650. The van der Waals surface area contributed by atoms with Crippen LogP contribution in [0.5, 0.6) is 0 Å². The highest BCUT2D eigenvalue weighted by Crippen LogP contribution is 2.46. The summed E-state index contributed by atoms with van der Waals surface area (Å²) in [7, 11) is 0. The highest BCUT2D eigenvalue weighted by Gasteiger charge is 2.38. The Morgan fingerprint density at radius 1 is 1.05 bits per heavy atom. The van der Waals surface area contributed by atoms with Gasteiger partial charge < -0.3 is 0 Å². The van der Waals surface area contributed by atoms with Crippen molar-refractivity contribution in [3.05, 3.63) is 34.9 Å². The van der Waals surface area contributed by atoms with Crippen LogP contribution in [0, 0.1) is 11.8 Å². The van der Waals surface area contributed by atoms with E-state index in [1.54, 1.807) is 0 Å². The van der Waals surface area contributed by atoms with Crippen LogP contribution in [-0.2, 0) is 10.8 Å². The van der Waals surface area contributed by atoms with Gasteiger partial charge in [-0.2, -0.15) is 0 Å². The molecule has 1 unspecified atom stereocenters. The fourth-order valence-corrected chi connectivity index (χ4v) is 3.82. The zero-order valence-electron chi connectivity index (χ0n) is 14.1. The maximum absolute atomic E-state index is 12.7. The van der Waals surface area contributed by atoms with Gasteiger partial charge in [-0.3, -0.25) is 4.79 Å². The largest absolute Gasteiger partial charge is 0.294 e. The van der Waals surface area contributed by atoms with Gasteiger partial charge >= 0.3 is 0 Å². The smallest absolute Gasteiger partial charge is 0.165 e. The van der Waals surface area contributed by atoms with Crippen LogP contribution in [0.3, 0.4) is 0 Å². The SMILES string of the molecule is CC(C(=O)c1ccc2c(c1)C(C)(C)CCC2(C)C)C1CC1. The molecule has 1 atom stereocenters. The van der Waals surface area contributed by atoms with Gasteiger partial charge in [-0.1, -0.05) is 46.8 Å². The molecule has 0 N–H and O–H groups in total. The third kappa shape index (κ3) is 2.56. The summed E-state index contributed by atoms with van der Waals surface area (Å²) in [6, 6.07) is 6.50. The summed E-state index contributed by atoms with van der Waals surface area (Å²) >= 11 is 0. The predicted molar refractivity (Wildman–Crippen MR) is 87.9 cm³/mol. The highest BCUT2D eigenvalue weighted by molar-refractivity contribution is 5.98. The fourth-order valence-electron chi connectivity index (χ4n) is 3.82. The van der Waals surface area contributed by atoms with Gasteiger partial charge in [0.2, 0.25) is 0 Å². The molecule has 2 aliphatic carbocycles. The lowest BCUT2D eigenvalue weighted by molar-refractivity contribution is 0.0916. The van der Waals surface area contributed by atoms with Crippen molar-refractivity contribution in [1.29, 1.82) is 0 Å². The summed E-state index contributed by atoms with van der Waals surface area (Å²) in [6.45, 7) is 11.4. The number of Topliss-reactive ketones (excluding diaryl/α,β-unsaturated/α-hetero) is 1. The molecule has 0 bridgehead atoms. The topological polar surface area (TPSA) is 17.1 Å². The minimum atomic E-state index is 0.184. The highest BCUT2D eigenvalue weighted by atomic mass is 16.1. The molecule has 1 aromatic carbocycles. The summed E-state index contributed by atoms with van der Waals surface area (Å²) in [5.74, 6) is 1.18. The van der Waals surface area contributed by atoms with Gasteiger partial charge in [-0.25, -0.2) is 0 Å². The van der Waals surface area contributed by atoms with Crippen LogP contribution in [0.15, 0.2) is 18.2 Å². The number of benzene rings is 1. The number of rotatable bonds is 3. The summed E-state index contributed by atoms with van der Waals surface area (Å²) in [5.41, 5.74) is 4.18. The molecule has 21 heavy (non-hydrogen) atoms. The molecule has 114 valence electrons. The number of hydrogen-bond donors (Lipinski definition) is 0. The van der Waals surface area contributed by atoms with Crippen LogP contribution < -0.4 is 0 Å². The first-order valence-electron chi connectivity index (χ1n) is 8.42. The van der Waals surface area contributed by atoms with Crippen molar-refractivity contribution in [2.45, 2.75) is 71.1 Å². The number of carbonyl (C=O) groups is 1. The van der Waals surface area contributed by atoms with Gasteiger partial charge in [-0.05, 0) is 59.6 Å². The predicted octanol–water partition coefficient (Wildman–Crippen LogP) is 5.26. The Hall–Kier alpha value is -1.11. The van der Waals surface area contributed by atoms with Gasteiger partial charge in [0.15, 0.2) is 5.78 Å². The van der Waals surface area contributed by atoms with Gasteiger partial charge in [0.25, 0.3) is 0 Å². The lowest BCUT2D eigenvalue weighted by Gasteiger charge is -2.42. The first kappa shape index (κ1) is 14.8. The minimum absolute atomic E-state index is 0.184. The standard InChI is InChI=1S/C20H28O/c1-13(14-6-7-14)18(21)15-8-9-16-17(12-15)20(4,5)11-10-19(16,2)3/h8-9,12-14H,6-7,10-11H2,1-5H3. The van der Waals surface area contributed by atoms with E-state index in [1.807, 2.05) is 0 Å². The second-order valence-corrected chi connectivity index (χ2v) is 8.52. The number of ketones is 1. The van der Waals surface area contributed by atoms with Gasteiger partial charge in [-0.15, -0.1) is 0 Å². The molecule has 1 aromatic rings. The average Bonchev–Trinajstić information content (AvgIpc) is 3.26. The van der Waals surface area contributed by atoms with E-state index in [9.17, 15) is 4.79 Å². The Labute approximate surface area is 129 Å². The maximum atomic E-state index is 12.7. The molecule has 1 heteroatoms. The molecule has 0 aromatic heterocycles. The average molecular weight is 284 g/mol. The monoisotopic (exact) mass is 284 g/mol. The van der Waals surface area contributed by atoms with Crippen molar-refractivity contribution in [2.75, 3.05) is 0 Å². The minimum Gasteiger partial charge on any atom is -0.294 e. The van der Waals surface area contributed by atoms with E-state index in [2.05, 4.69) is 52.8 Å². The quantitative estimate of drug-likeness (QED) is 0.691. The molecule has 1 nitrogen and oxygen atoms in total. The third-order valence-electron chi connectivity index (χ3n) is 5.88. The Morgan fingerprint density at radius 3 is 2.19 bits per heavy atom. The number of carbonyl (C=O) groups excluding carboxylic acids is 1. The summed E-state index contributed by atoms with van der Waals surface area (Å²) in [5, 5.41) is 0. The second kappa shape index (κ2) is 4.69. The van der Waals surface area contributed by atoms with Crippen molar-refractivity contribution >= 4 is 5.78 Å². The molecular formula is C20H28O. The van der Waals surface area contributed by atoms with E-state index < -0.39 is 0 Å².